The highest BCUT2D eigenvalue weighted by Crippen LogP contribution is 2.27. The van der Waals surface area contributed by atoms with E-state index in [0.717, 1.165) is 24.5 Å². The highest BCUT2D eigenvalue weighted by molar-refractivity contribution is 5.51. The largest absolute Gasteiger partial charge is 0.370 e. The van der Waals surface area contributed by atoms with E-state index in [4.69, 9.17) is 5.73 Å². The molecule has 1 aromatic rings. The van der Waals surface area contributed by atoms with Crippen LogP contribution in [0.5, 0.6) is 0 Å². The lowest BCUT2D eigenvalue weighted by molar-refractivity contribution is 0.751. The Kier molecular flexibility index (Phi) is 2.75. The number of anilines is 2. The van der Waals surface area contributed by atoms with Crippen LogP contribution in [-0.2, 0) is 6.42 Å². The van der Waals surface area contributed by atoms with Gasteiger partial charge in [0, 0.05) is 12.1 Å². The van der Waals surface area contributed by atoms with Gasteiger partial charge in [-0.25, -0.2) is 4.98 Å². The van der Waals surface area contributed by atoms with Crippen molar-refractivity contribution in [2.45, 2.75) is 39.0 Å². The van der Waals surface area contributed by atoms with Gasteiger partial charge in [0.1, 0.15) is 5.82 Å². The first-order valence-electron chi connectivity index (χ1n) is 5.58. The fourth-order valence-corrected chi connectivity index (χ4v) is 2.02. The SMILES string of the molecule is CC(C)c1nc(N)nc2c1CCCCN2. The molecule has 0 fully saturated rings. The second-order valence-electron chi connectivity index (χ2n) is 4.33. The lowest BCUT2D eigenvalue weighted by Gasteiger charge is -2.14. The molecule has 1 aliphatic heterocycles. The standard InChI is InChI=1S/C11H18N4/c1-7(2)9-8-5-3-4-6-13-10(8)15-11(12)14-9/h7H,3-6H2,1-2H3,(H3,12,13,14,15). The number of fused-ring (bicyclic) bond motifs is 1. The summed E-state index contributed by atoms with van der Waals surface area (Å²) in [5.41, 5.74) is 8.07. The zero-order chi connectivity index (χ0) is 10.8. The van der Waals surface area contributed by atoms with Gasteiger partial charge < -0.3 is 11.1 Å². The summed E-state index contributed by atoms with van der Waals surface area (Å²) in [6.45, 7) is 5.28. The fourth-order valence-electron chi connectivity index (χ4n) is 2.02. The van der Waals surface area contributed by atoms with Crippen LogP contribution in [0.1, 0.15) is 43.9 Å². The third-order valence-corrected chi connectivity index (χ3v) is 2.75. The average molecular weight is 206 g/mol. The molecule has 0 bridgehead atoms. The van der Waals surface area contributed by atoms with Crippen molar-refractivity contribution in [3.8, 4) is 0 Å². The second kappa shape index (κ2) is 4.04. The van der Waals surface area contributed by atoms with E-state index >= 15 is 0 Å². The van der Waals surface area contributed by atoms with E-state index in [0.29, 0.717) is 11.9 Å². The summed E-state index contributed by atoms with van der Waals surface area (Å²) in [4.78, 5) is 8.63. The quantitative estimate of drug-likeness (QED) is 0.737. The number of nitrogens with one attached hydrogen (secondary N) is 1. The molecule has 0 amide bonds. The Labute approximate surface area is 90.3 Å². The van der Waals surface area contributed by atoms with Gasteiger partial charge in [0.15, 0.2) is 0 Å². The van der Waals surface area contributed by atoms with Crippen LogP contribution in [0, 0.1) is 0 Å². The van der Waals surface area contributed by atoms with Crippen LogP contribution in [0.25, 0.3) is 0 Å². The molecule has 0 atom stereocenters. The summed E-state index contributed by atoms with van der Waals surface area (Å²) >= 11 is 0. The minimum absolute atomic E-state index is 0.381. The maximum atomic E-state index is 5.71. The molecule has 1 aromatic heterocycles. The Morgan fingerprint density at radius 2 is 2.07 bits per heavy atom. The smallest absolute Gasteiger partial charge is 0.222 e. The lowest BCUT2D eigenvalue weighted by Crippen LogP contribution is -2.10. The van der Waals surface area contributed by atoms with E-state index in [9.17, 15) is 0 Å². The Morgan fingerprint density at radius 1 is 1.27 bits per heavy atom. The molecule has 4 nitrogen and oxygen atoms in total. The summed E-state index contributed by atoms with van der Waals surface area (Å²) in [6, 6.07) is 0. The number of nitrogens with zero attached hydrogens (tertiary/aromatic N) is 2. The number of nitrogen functional groups attached to an aromatic ring is 1. The van der Waals surface area contributed by atoms with E-state index in [-0.39, 0.29) is 0 Å². The summed E-state index contributed by atoms with van der Waals surface area (Å²) in [6.07, 6.45) is 3.46. The van der Waals surface area contributed by atoms with Crippen LogP contribution >= 0.6 is 0 Å². The minimum atomic E-state index is 0.381. The molecule has 2 heterocycles. The third kappa shape index (κ3) is 2.03. The van der Waals surface area contributed by atoms with Crippen LogP contribution in [-0.4, -0.2) is 16.5 Å². The average Bonchev–Trinajstić information content (AvgIpc) is 2.41. The van der Waals surface area contributed by atoms with Gasteiger partial charge in [0.2, 0.25) is 5.95 Å². The summed E-state index contributed by atoms with van der Waals surface area (Å²) in [7, 11) is 0. The van der Waals surface area contributed by atoms with Crippen molar-refractivity contribution >= 4 is 11.8 Å². The molecule has 15 heavy (non-hydrogen) atoms. The van der Waals surface area contributed by atoms with Gasteiger partial charge in [0.25, 0.3) is 0 Å². The molecule has 0 aromatic carbocycles. The topological polar surface area (TPSA) is 63.8 Å². The summed E-state index contributed by atoms with van der Waals surface area (Å²) < 4.78 is 0. The number of rotatable bonds is 1. The molecule has 2 rings (SSSR count). The monoisotopic (exact) mass is 206 g/mol. The van der Waals surface area contributed by atoms with E-state index < -0.39 is 0 Å². The van der Waals surface area contributed by atoms with Gasteiger partial charge in [-0.05, 0) is 25.2 Å². The molecule has 0 radical (unpaired) electrons. The summed E-state index contributed by atoms with van der Waals surface area (Å²) in [5.74, 6) is 1.74. The maximum absolute atomic E-state index is 5.71. The molecule has 0 aliphatic carbocycles. The van der Waals surface area contributed by atoms with Gasteiger partial charge in [-0.3, -0.25) is 0 Å². The van der Waals surface area contributed by atoms with E-state index in [1.165, 1.54) is 18.4 Å². The van der Waals surface area contributed by atoms with Crippen LogP contribution in [0.4, 0.5) is 11.8 Å². The Balaban J connectivity index is 2.50. The Hall–Kier alpha value is -1.32. The molecule has 1 aliphatic rings. The molecule has 3 N–H and O–H groups in total. The van der Waals surface area contributed by atoms with Crippen molar-refractivity contribution in [2.75, 3.05) is 17.6 Å². The van der Waals surface area contributed by atoms with Crippen molar-refractivity contribution in [3.63, 3.8) is 0 Å². The van der Waals surface area contributed by atoms with Gasteiger partial charge in [0.05, 0.1) is 5.69 Å². The van der Waals surface area contributed by atoms with Crippen molar-refractivity contribution in [3.05, 3.63) is 11.3 Å². The normalized spacial score (nSPS) is 15.7. The van der Waals surface area contributed by atoms with Gasteiger partial charge >= 0.3 is 0 Å². The van der Waals surface area contributed by atoms with Gasteiger partial charge in [-0.2, -0.15) is 4.98 Å². The van der Waals surface area contributed by atoms with Crippen LogP contribution in [0.2, 0.25) is 0 Å². The van der Waals surface area contributed by atoms with Gasteiger partial charge in [-0.15, -0.1) is 0 Å². The van der Waals surface area contributed by atoms with E-state index in [1.807, 2.05) is 0 Å². The predicted molar refractivity (Wildman–Crippen MR) is 62.0 cm³/mol. The highest BCUT2D eigenvalue weighted by atomic mass is 15.1. The molecule has 0 saturated carbocycles. The number of nitrogens with two attached hydrogens (primary N) is 1. The maximum Gasteiger partial charge on any atom is 0.222 e. The fraction of sp³-hybridized carbons (Fsp3) is 0.636. The Bertz CT molecular complexity index is 360. The third-order valence-electron chi connectivity index (χ3n) is 2.75. The summed E-state index contributed by atoms with van der Waals surface area (Å²) in [5, 5.41) is 3.33. The minimum Gasteiger partial charge on any atom is -0.370 e. The van der Waals surface area contributed by atoms with Crippen molar-refractivity contribution in [1.29, 1.82) is 0 Å². The number of hydrogen-bond acceptors (Lipinski definition) is 4. The van der Waals surface area contributed by atoms with E-state index in [1.54, 1.807) is 0 Å². The van der Waals surface area contributed by atoms with Crippen LogP contribution in [0.15, 0.2) is 0 Å². The molecule has 4 heteroatoms. The van der Waals surface area contributed by atoms with Crippen molar-refractivity contribution < 1.29 is 0 Å². The van der Waals surface area contributed by atoms with E-state index in [2.05, 4.69) is 29.1 Å². The zero-order valence-corrected chi connectivity index (χ0v) is 9.38. The molecule has 0 spiro atoms. The first-order chi connectivity index (χ1) is 7.18. The Morgan fingerprint density at radius 3 is 2.80 bits per heavy atom. The molecular formula is C11H18N4. The second-order valence-corrected chi connectivity index (χ2v) is 4.33. The first-order valence-corrected chi connectivity index (χ1v) is 5.58. The number of hydrogen-bond donors (Lipinski definition) is 2. The molecular weight excluding hydrogens is 188 g/mol. The predicted octanol–water partition coefficient (Wildman–Crippen LogP) is 1.93. The van der Waals surface area contributed by atoms with Crippen LogP contribution in [0.3, 0.4) is 0 Å². The molecule has 0 saturated heterocycles. The molecule has 0 unspecified atom stereocenters. The van der Waals surface area contributed by atoms with Gasteiger partial charge in [-0.1, -0.05) is 13.8 Å². The number of aromatic nitrogens is 2. The van der Waals surface area contributed by atoms with Crippen molar-refractivity contribution in [1.82, 2.24) is 9.97 Å². The highest BCUT2D eigenvalue weighted by Gasteiger charge is 2.17. The first kappa shape index (κ1) is 10.2. The molecule has 82 valence electrons. The van der Waals surface area contributed by atoms with Crippen LogP contribution < -0.4 is 11.1 Å². The lowest BCUT2D eigenvalue weighted by atomic mass is 10.0. The zero-order valence-electron chi connectivity index (χ0n) is 9.38. The van der Waals surface area contributed by atoms with Crippen molar-refractivity contribution in [2.24, 2.45) is 0 Å².